The second-order valence-corrected chi connectivity index (χ2v) is 10.8. The number of aryl methyl sites for hydroxylation is 2. The molecule has 5 N–H and O–H groups in total. The molecule has 212 valence electrons. The summed E-state index contributed by atoms with van der Waals surface area (Å²) in [6.07, 6.45) is -1.15. The number of phenols is 1. The zero-order valence-corrected chi connectivity index (χ0v) is 23.7. The van der Waals surface area contributed by atoms with Crippen LogP contribution in [-0.4, -0.2) is 51.5 Å². The van der Waals surface area contributed by atoms with Gasteiger partial charge in [0.25, 0.3) is 5.91 Å². The first-order chi connectivity index (χ1) is 18.1. The van der Waals surface area contributed by atoms with Crippen LogP contribution in [0, 0.1) is 13.8 Å². The van der Waals surface area contributed by atoms with E-state index in [9.17, 15) is 24.3 Å². The number of phenolic OH excluding ortho intramolecular Hbond substituents is 1. The van der Waals surface area contributed by atoms with E-state index in [2.05, 4.69) is 10.6 Å². The summed E-state index contributed by atoms with van der Waals surface area (Å²) in [5.74, 6) is -1.98. The minimum absolute atomic E-state index is 0.109. The average molecular weight is 541 g/mol. The first kappa shape index (κ1) is 31.1. The molecular formula is C29H40N4O6. The highest BCUT2D eigenvalue weighted by Crippen LogP contribution is 2.34. The highest BCUT2D eigenvalue weighted by molar-refractivity contribution is 6.00. The van der Waals surface area contributed by atoms with E-state index in [0.717, 1.165) is 5.56 Å². The minimum Gasteiger partial charge on any atom is -0.507 e. The Kier molecular flexibility index (Phi) is 10.5. The quantitative estimate of drug-likeness (QED) is 0.356. The minimum atomic E-state index is -1.27. The van der Waals surface area contributed by atoms with Crippen molar-refractivity contribution in [2.75, 3.05) is 5.32 Å². The molecule has 4 amide bonds. The van der Waals surface area contributed by atoms with E-state index in [1.165, 1.54) is 4.90 Å². The zero-order valence-electron chi connectivity index (χ0n) is 23.7. The molecule has 2 rings (SSSR count). The van der Waals surface area contributed by atoms with Gasteiger partial charge in [0.05, 0.1) is 0 Å². The number of aromatic hydroxyl groups is 1. The number of ether oxygens (including phenoxy) is 1. The maximum atomic E-state index is 14.1. The molecule has 0 spiro atoms. The first-order valence-corrected chi connectivity index (χ1v) is 12.9. The normalized spacial score (nSPS) is 12.8. The van der Waals surface area contributed by atoms with Crippen LogP contribution in [0.5, 0.6) is 5.75 Å². The highest BCUT2D eigenvalue weighted by atomic mass is 16.6. The number of carbonyl (C=O) groups excluding carboxylic acids is 4. The number of hydrogen-bond donors (Lipinski definition) is 4. The highest BCUT2D eigenvalue weighted by Gasteiger charge is 2.39. The number of para-hydroxylation sites is 2. The van der Waals surface area contributed by atoms with Crippen LogP contribution in [0.4, 0.5) is 10.5 Å². The lowest BCUT2D eigenvalue weighted by Gasteiger charge is -2.37. The molecule has 0 aliphatic heterocycles. The lowest BCUT2D eigenvalue weighted by Crippen LogP contribution is -2.54. The van der Waals surface area contributed by atoms with Crippen molar-refractivity contribution < 1.29 is 29.0 Å². The predicted octanol–water partition coefficient (Wildman–Crippen LogP) is 4.08. The third kappa shape index (κ3) is 8.73. The number of anilines is 1. The summed E-state index contributed by atoms with van der Waals surface area (Å²) < 4.78 is 5.33. The molecule has 0 aliphatic carbocycles. The largest absolute Gasteiger partial charge is 0.507 e. The van der Waals surface area contributed by atoms with E-state index in [0.29, 0.717) is 11.3 Å². The standard InChI is InChI=1S/C29H40N4O6/c1-17(2)33(27(37)22(15-16-23(30)34)32-28(38)39-29(5,6)7)24(20-13-10-12-19(4)25(20)35)26(36)31-21-14-9-8-11-18(21)3/h8-14,17,22,24,35H,15-16H2,1-7H3,(H2,30,34)(H,31,36)(H,32,38). The second-order valence-electron chi connectivity index (χ2n) is 10.8. The van der Waals surface area contributed by atoms with Crippen LogP contribution in [0.15, 0.2) is 42.5 Å². The molecule has 2 atom stereocenters. The van der Waals surface area contributed by atoms with Gasteiger partial charge in [-0.25, -0.2) is 4.79 Å². The van der Waals surface area contributed by atoms with Gasteiger partial charge in [0.1, 0.15) is 23.4 Å². The average Bonchev–Trinajstić information content (AvgIpc) is 2.81. The molecule has 2 aromatic rings. The Morgan fingerprint density at radius 1 is 1.00 bits per heavy atom. The molecule has 0 fully saturated rings. The summed E-state index contributed by atoms with van der Waals surface area (Å²) in [6.45, 7) is 12.0. The molecule has 0 aliphatic rings. The van der Waals surface area contributed by atoms with Gasteiger partial charge in [0.2, 0.25) is 11.8 Å². The molecule has 0 saturated carbocycles. The Labute approximate surface area is 229 Å². The summed E-state index contributed by atoms with van der Waals surface area (Å²) in [7, 11) is 0. The number of nitrogens with one attached hydrogen (secondary N) is 2. The fraction of sp³-hybridized carbons (Fsp3) is 0.448. The van der Waals surface area contributed by atoms with Crippen molar-refractivity contribution in [2.45, 2.75) is 85.0 Å². The summed E-state index contributed by atoms with van der Waals surface area (Å²) >= 11 is 0. The number of hydrogen-bond acceptors (Lipinski definition) is 6. The topological polar surface area (TPSA) is 151 Å². The van der Waals surface area contributed by atoms with Gasteiger partial charge in [-0.05, 0) is 72.1 Å². The fourth-order valence-corrected chi connectivity index (χ4v) is 4.09. The monoisotopic (exact) mass is 540 g/mol. The van der Waals surface area contributed by atoms with Gasteiger partial charge in [0, 0.05) is 23.7 Å². The number of nitrogens with zero attached hydrogens (tertiary/aromatic N) is 1. The summed E-state index contributed by atoms with van der Waals surface area (Å²) in [5.41, 5.74) is 6.61. The van der Waals surface area contributed by atoms with Gasteiger partial charge in [-0.2, -0.15) is 0 Å². The van der Waals surface area contributed by atoms with E-state index in [4.69, 9.17) is 10.5 Å². The maximum absolute atomic E-state index is 14.1. The maximum Gasteiger partial charge on any atom is 0.408 e. The van der Waals surface area contributed by atoms with E-state index >= 15 is 0 Å². The van der Waals surface area contributed by atoms with Crippen LogP contribution in [0.25, 0.3) is 0 Å². The van der Waals surface area contributed by atoms with Gasteiger partial charge < -0.3 is 31.1 Å². The number of alkyl carbamates (subject to hydrolysis) is 1. The Bertz CT molecular complexity index is 1200. The van der Waals surface area contributed by atoms with Gasteiger partial charge in [-0.15, -0.1) is 0 Å². The number of benzene rings is 2. The van der Waals surface area contributed by atoms with Crippen molar-refractivity contribution in [3.8, 4) is 5.75 Å². The second kappa shape index (κ2) is 13.1. The predicted molar refractivity (Wildman–Crippen MR) is 149 cm³/mol. The van der Waals surface area contributed by atoms with Crippen molar-refractivity contribution in [3.63, 3.8) is 0 Å². The van der Waals surface area contributed by atoms with Crippen molar-refractivity contribution >= 4 is 29.5 Å². The summed E-state index contributed by atoms with van der Waals surface area (Å²) in [5, 5.41) is 16.4. The molecule has 0 bridgehead atoms. The van der Waals surface area contributed by atoms with Gasteiger partial charge in [0.15, 0.2) is 0 Å². The number of carbonyl (C=O) groups is 4. The molecule has 10 heteroatoms. The van der Waals surface area contributed by atoms with Crippen LogP contribution in [0.3, 0.4) is 0 Å². The summed E-state index contributed by atoms with van der Waals surface area (Å²) in [6, 6.07) is 9.09. The van der Waals surface area contributed by atoms with Gasteiger partial charge >= 0.3 is 6.09 Å². The number of rotatable bonds is 10. The Morgan fingerprint density at radius 2 is 1.62 bits per heavy atom. The first-order valence-electron chi connectivity index (χ1n) is 12.9. The summed E-state index contributed by atoms with van der Waals surface area (Å²) in [4.78, 5) is 53.5. The van der Waals surface area contributed by atoms with Crippen molar-refractivity contribution in [1.29, 1.82) is 0 Å². The van der Waals surface area contributed by atoms with E-state index < -0.39 is 47.5 Å². The molecule has 2 unspecified atom stereocenters. The van der Waals surface area contributed by atoms with Crippen molar-refractivity contribution in [3.05, 3.63) is 59.2 Å². The van der Waals surface area contributed by atoms with Gasteiger partial charge in [-0.3, -0.25) is 14.4 Å². The van der Waals surface area contributed by atoms with Crippen LogP contribution >= 0.6 is 0 Å². The van der Waals surface area contributed by atoms with Crippen LogP contribution in [0.1, 0.15) is 70.2 Å². The smallest absolute Gasteiger partial charge is 0.408 e. The number of primary amides is 1. The van der Waals surface area contributed by atoms with Crippen molar-refractivity contribution in [1.82, 2.24) is 10.2 Å². The van der Waals surface area contributed by atoms with Gasteiger partial charge in [-0.1, -0.05) is 36.4 Å². The zero-order chi connectivity index (χ0) is 29.5. The Hall–Kier alpha value is -4.08. The molecule has 0 radical (unpaired) electrons. The number of nitrogens with two attached hydrogens (primary N) is 1. The van der Waals surface area contributed by atoms with E-state index in [1.807, 2.05) is 19.1 Å². The molecule has 0 aromatic heterocycles. The molecular weight excluding hydrogens is 500 g/mol. The lowest BCUT2D eigenvalue weighted by molar-refractivity contribution is -0.143. The Balaban J connectivity index is 2.59. The van der Waals surface area contributed by atoms with Crippen molar-refractivity contribution in [2.24, 2.45) is 5.73 Å². The lowest BCUT2D eigenvalue weighted by atomic mass is 9.97. The molecule has 39 heavy (non-hydrogen) atoms. The van der Waals surface area contributed by atoms with Crippen LogP contribution < -0.4 is 16.4 Å². The molecule has 0 heterocycles. The third-order valence-electron chi connectivity index (χ3n) is 5.97. The third-order valence-corrected chi connectivity index (χ3v) is 5.97. The van der Waals surface area contributed by atoms with E-state index in [1.54, 1.807) is 71.9 Å². The number of amides is 4. The molecule has 0 saturated heterocycles. The van der Waals surface area contributed by atoms with Crippen LogP contribution in [-0.2, 0) is 19.1 Å². The SMILES string of the molecule is Cc1ccccc1NC(=O)C(c1cccc(C)c1O)N(C(=O)C(CCC(N)=O)NC(=O)OC(C)(C)C)C(C)C. The van der Waals surface area contributed by atoms with E-state index in [-0.39, 0.29) is 24.2 Å². The Morgan fingerprint density at radius 3 is 2.18 bits per heavy atom. The fourth-order valence-electron chi connectivity index (χ4n) is 4.09. The molecule has 10 nitrogen and oxygen atoms in total. The molecule has 2 aromatic carbocycles. The van der Waals surface area contributed by atoms with Crippen LogP contribution in [0.2, 0.25) is 0 Å².